The first-order valence-electron chi connectivity index (χ1n) is 9.37. The molecule has 0 saturated carbocycles. The lowest BCUT2D eigenvalue weighted by Gasteiger charge is -2.20. The maximum atomic E-state index is 12.4. The van der Waals surface area contributed by atoms with Crippen molar-refractivity contribution in [1.29, 1.82) is 0 Å². The van der Waals surface area contributed by atoms with Gasteiger partial charge in [0.25, 0.3) is 0 Å². The van der Waals surface area contributed by atoms with E-state index in [-0.39, 0.29) is 11.9 Å². The van der Waals surface area contributed by atoms with Crippen LogP contribution in [0, 0.1) is 0 Å². The van der Waals surface area contributed by atoms with Crippen LogP contribution in [0.25, 0.3) is 0 Å². The van der Waals surface area contributed by atoms with Gasteiger partial charge >= 0.3 is 0 Å². The Hall–Kier alpha value is -2.53. The van der Waals surface area contributed by atoms with Crippen molar-refractivity contribution in [2.24, 2.45) is 0 Å². The van der Waals surface area contributed by atoms with Gasteiger partial charge in [0.2, 0.25) is 5.91 Å². The number of methoxy groups -OCH3 is 2. The Kier molecular flexibility index (Phi) is 8.14. The quantitative estimate of drug-likeness (QED) is 0.658. The summed E-state index contributed by atoms with van der Waals surface area (Å²) in [5.74, 6) is 1.66. The number of carbonyl (C=O) groups excluding carboxylic acids is 1. The second-order valence-electron chi connectivity index (χ2n) is 6.64. The van der Waals surface area contributed by atoms with Gasteiger partial charge in [0, 0.05) is 25.1 Å². The van der Waals surface area contributed by atoms with Gasteiger partial charge in [-0.2, -0.15) is 0 Å². The number of hydrogen-bond acceptors (Lipinski definition) is 4. The Morgan fingerprint density at radius 1 is 1.07 bits per heavy atom. The van der Waals surface area contributed by atoms with Gasteiger partial charge in [0.1, 0.15) is 11.5 Å². The molecule has 2 aromatic carbocycles. The van der Waals surface area contributed by atoms with E-state index in [0.29, 0.717) is 29.5 Å². The van der Waals surface area contributed by atoms with Crippen LogP contribution in [0.1, 0.15) is 38.2 Å². The second kappa shape index (κ2) is 10.6. The molecule has 0 aliphatic heterocycles. The highest BCUT2D eigenvalue weighted by Crippen LogP contribution is 2.29. The van der Waals surface area contributed by atoms with E-state index in [9.17, 15) is 4.79 Å². The van der Waals surface area contributed by atoms with E-state index in [1.807, 2.05) is 13.0 Å². The summed E-state index contributed by atoms with van der Waals surface area (Å²) in [7, 11) is 3.17. The molecular weight excluding hydrogens is 340 g/mol. The molecule has 2 aromatic rings. The van der Waals surface area contributed by atoms with Crippen LogP contribution < -0.4 is 20.1 Å². The van der Waals surface area contributed by atoms with E-state index in [4.69, 9.17) is 9.47 Å². The highest BCUT2D eigenvalue weighted by molar-refractivity contribution is 5.92. The van der Waals surface area contributed by atoms with Gasteiger partial charge in [-0.15, -0.1) is 0 Å². The van der Waals surface area contributed by atoms with Gasteiger partial charge in [0.15, 0.2) is 0 Å². The maximum Gasteiger partial charge on any atom is 0.226 e. The molecule has 1 amide bonds. The van der Waals surface area contributed by atoms with Crippen LogP contribution in [-0.2, 0) is 4.79 Å². The fraction of sp³-hybridized carbons (Fsp3) is 0.409. The van der Waals surface area contributed by atoms with Crippen LogP contribution in [0.3, 0.4) is 0 Å². The molecule has 0 heterocycles. The van der Waals surface area contributed by atoms with Crippen molar-refractivity contribution >= 4 is 11.6 Å². The Morgan fingerprint density at radius 2 is 1.81 bits per heavy atom. The zero-order valence-electron chi connectivity index (χ0n) is 16.6. The summed E-state index contributed by atoms with van der Waals surface area (Å²) < 4.78 is 10.5. The molecule has 0 spiro atoms. The lowest BCUT2D eigenvalue weighted by Crippen LogP contribution is -2.33. The third-order valence-electron chi connectivity index (χ3n) is 4.65. The van der Waals surface area contributed by atoms with Gasteiger partial charge in [-0.1, -0.05) is 37.3 Å². The van der Waals surface area contributed by atoms with Gasteiger partial charge in [-0.25, -0.2) is 0 Å². The van der Waals surface area contributed by atoms with Crippen LogP contribution in [-0.4, -0.2) is 32.7 Å². The van der Waals surface area contributed by atoms with Crippen LogP contribution in [0.2, 0.25) is 0 Å². The van der Waals surface area contributed by atoms with Gasteiger partial charge in [-0.3, -0.25) is 4.79 Å². The summed E-state index contributed by atoms with van der Waals surface area (Å²) in [6, 6.07) is 15.9. The van der Waals surface area contributed by atoms with Crippen LogP contribution in [0.15, 0.2) is 48.5 Å². The normalized spacial score (nSPS) is 12.9. The first-order chi connectivity index (χ1) is 13.1. The molecule has 5 nitrogen and oxygen atoms in total. The number of amides is 1. The molecule has 0 aliphatic carbocycles. The van der Waals surface area contributed by atoms with Gasteiger partial charge in [0.05, 0.1) is 19.9 Å². The molecule has 2 atom stereocenters. The molecular formula is C22H30N2O3. The Balaban J connectivity index is 1.86. The minimum Gasteiger partial charge on any atom is -0.497 e. The summed E-state index contributed by atoms with van der Waals surface area (Å²) in [4.78, 5) is 12.4. The Morgan fingerprint density at radius 3 is 2.44 bits per heavy atom. The third-order valence-corrected chi connectivity index (χ3v) is 4.65. The largest absolute Gasteiger partial charge is 0.497 e. The number of anilines is 1. The second-order valence-corrected chi connectivity index (χ2v) is 6.64. The molecule has 0 fully saturated rings. The third kappa shape index (κ3) is 6.29. The summed E-state index contributed by atoms with van der Waals surface area (Å²) >= 11 is 0. The summed E-state index contributed by atoms with van der Waals surface area (Å²) in [5.41, 5.74) is 1.97. The highest BCUT2D eigenvalue weighted by atomic mass is 16.5. The fourth-order valence-corrected chi connectivity index (χ4v) is 3.02. The predicted octanol–water partition coefficient (Wildman–Crippen LogP) is 4.20. The number of nitrogens with one attached hydrogen (secondary N) is 2. The van der Waals surface area contributed by atoms with E-state index >= 15 is 0 Å². The average Bonchev–Trinajstić information content (AvgIpc) is 2.69. The number of hydrogen-bond donors (Lipinski definition) is 2. The molecule has 2 N–H and O–H groups in total. The van der Waals surface area contributed by atoms with Gasteiger partial charge in [-0.05, 0) is 37.0 Å². The Labute approximate surface area is 162 Å². The fourth-order valence-electron chi connectivity index (χ4n) is 3.02. The van der Waals surface area contributed by atoms with E-state index in [1.54, 1.807) is 32.4 Å². The molecule has 0 aliphatic rings. The monoisotopic (exact) mass is 370 g/mol. The van der Waals surface area contributed by atoms with E-state index in [1.165, 1.54) is 5.56 Å². The van der Waals surface area contributed by atoms with Gasteiger partial charge < -0.3 is 20.1 Å². The van der Waals surface area contributed by atoms with E-state index < -0.39 is 0 Å². The van der Waals surface area contributed by atoms with E-state index in [2.05, 4.69) is 41.8 Å². The first-order valence-corrected chi connectivity index (χ1v) is 9.37. The molecule has 27 heavy (non-hydrogen) atoms. The predicted molar refractivity (Wildman–Crippen MR) is 110 cm³/mol. The van der Waals surface area contributed by atoms with Crippen molar-refractivity contribution in [2.45, 2.75) is 38.6 Å². The standard InChI is InChI=1S/C22H30N2O3/c1-5-17(18-9-7-6-8-10-18)15-23-16(2)13-22(25)24-20-12-11-19(26-3)14-21(20)27-4/h6-12,14,16-17,23H,5,13,15H2,1-4H3,(H,24,25). The average molecular weight is 370 g/mol. The van der Waals surface area contributed by atoms with Crippen LogP contribution >= 0.6 is 0 Å². The lowest BCUT2D eigenvalue weighted by molar-refractivity contribution is -0.116. The Bertz CT molecular complexity index is 719. The molecule has 0 radical (unpaired) electrons. The lowest BCUT2D eigenvalue weighted by atomic mass is 9.96. The van der Waals surface area contributed by atoms with Crippen molar-refractivity contribution in [3.8, 4) is 11.5 Å². The van der Waals surface area contributed by atoms with E-state index in [0.717, 1.165) is 13.0 Å². The first kappa shape index (κ1) is 20.8. The van der Waals surface area contributed by atoms with Crippen molar-refractivity contribution in [3.63, 3.8) is 0 Å². The summed E-state index contributed by atoms with van der Waals surface area (Å²) in [6.07, 6.45) is 1.44. The molecule has 2 rings (SSSR count). The molecule has 0 bridgehead atoms. The van der Waals surface area contributed by atoms with Crippen molar-refractivity contribution in [1.82, 2.24) is 5.32 Å². The number of rotatable bonds is 10. The topological polar surface area (TPSA) is 59.6 Å². The molecule has 5 heteroatoms. The number of benzene rings is 2. The highest BCUT2D eigenvalue weighted by Gasteiger charge is 2.14. The maximum absolute atomic E-state index is 12.4. The number of carbonyl (C=O) groups is 1. The molecule has 2 unspecified atom stereocenters. The summed E-state index contributed by atoms with van der Waals surface area (Å²) in [5, 5.41) is 6.40. The molecule has 0 aromatic heterocycles. The summed E-state index contributed by atoms with van der Waals surface area (Å²) in [6.45, 7) is 5.07. The number of ether oxygens (including phenoxy) is 2. The van der Waals surface area contributed by atoms with Crippen molar-refractivity contribution < 1.29 is 14.3 Å². The SMILES string of the molecule is CCC(CNC(C)CC(=O)Nc1ccc(OC)cc1OC)c1ccccc1. The minimum absolute atomic E-state index is 0.0498. The zero-order valence-corrected chi connectivity index (χ0v) is 16.6. The minimum atomic E-state index is -0.0498. The molecule has 0 saturated heterocycles. The van der Waals surface area contributed by atoms with Crippen LogP contribution in [0.4, 0.5) is 5.69 Å². The van der Waals surface area contributed by atoms with Crippen LogP contribution in [0.5, 0.6) is 11.5 Å². The molecule has 146 valence electrons. The smallest absolute Gasteiger partial charge is 0.226 e. The van der Waals surface area contributed by atoms with Crippen molar-refractivity contribution in [3.05, 3.63) is 54.1 Å². The van der Waals surface area contributed by atoms with Crippen molar-refractivity contribution in [2.75, 3.05) is 26.1 Å². The zero-order chi connectivity index (χ0) is 19.6.